The maximum atomic E-state index is 10.2. The van der Waals surface area contributed by atoms with E-state index in [-0.39, 0.29) is 25.9 Å². The summed E-state index contributed by atoms with van der Waals surface area (Å²) in [6.07, 6.45) is 2.89. The summed E-state index contributed by atoms with van der Waals surface area (Å²) < 4.78 is 0.750. The van der Waals surface area contributed by atoms with Gasteiger partial charge in [0, 0.05) is 12.1 Å². The van der Waals surface area contributed by atoms with Gasteiger partial charge < -0.3 is 8.06 Å². The van der Waals surface area contributed by atoms with Crippen molar-refractivity contribution >= 4 is 23.1 Å². The fraction of sp³-hybridized carbons (Fsp3) is 0. The Morgan fingerprint density at radius 3 is 1.88 bits per heavy atom. The molecule has 0 aliphatic carbocycles. The summed E-state index contributed by atoms with van der Waals surface area (Å²) >= 11 is 0. The number of aromatic nitrogens is 1. The Bertz CT molecular complexity index is 150. The normalized spacial score (nSPS) is 7.50. The molecule has 1 aromatic heterocycles. The topological polar surface area (TPSA) is 26.9 Å². The summed E-state index contributed by atoms with van der Waals surface area (Å²) in [4.78, 5) is 0. The zero-order valence-corrected chi connectivity index (χ0v) is 5.86. The maximum Gasteiger partial charge on any atom is 2.00 e. The van der Waals surface area contributed by atoms with Crippen LogP contribution >= 0.6 is 0 Å². The van der Waals surface area contributed by atoms with E-state index in [0.29, 0.717) is 0 Å². The van der Waals surface area contributed by atoms with E-state index < -0.39 is 0 Å². The summed E-state index contributed by atoms with van der Waals surface area (Å²) in [5, 5.41) is 10.2. The molecule has 0 amide bonds. The molecule has 0 aliphatic rings. The van der Waals surface area contributed by atoms with Crippen LogP contribution in [0.25, 0.3) is 0 Å². The molecule has 0 aliphatic heterocycles. The SMILES string of the molecule is [H-].[H-].[Mg+2].[O-][n+]1ccccc1. The zero-order chi connectivity index (χ0) is 5.11. The van der Waals surface area contributed by atoms with Gasteiger partial charge in [0.25, 0.3) is 0 Å². The maximum absolute atomic E-state index is 10.2. The van der Waals surface area contributed by atoms with Crippen LogP contribution < -0.4 is 4.73 Å². The number of pyridine rings is 1. The molecule has 0 bridgehead atoms. The Balaban J connectivity index is -0.000000163. The molecule has 0 atom stereocenters. The quantitative estimate of drug-likeness (QED) is 0.273. The minimum atomic E-state index is 0. The first-order valence-electron chi connectivity index (χ1n) is 2.03. The Morgan fingerprint density at radius 2 is 1.62 bits per heavy atom. The van der Waals surface area contributed by atoms with Crippen LogP contribution in [0.2, 0.25) is 0 Å². The summed E-state index contributed by atoms with van der Waals surface area (Å²) in [6, 6.07) is 5.18. The number of hydrogen-bond acceptors (Lipinski definition) is 1. The number of rotatable bonds is 0. The standard InChI is InChI=1S/C5H5NO.Mg.2H/c7-6-4-2-1-3-5-6;;;/h1-5H;;;/q;+2;2*-1. The average Bonchev–Trinajstić information content (AvgIpc) is 1.69. The van der Waals surface area contributed by atoms with Crippen LogP contribution in [0, 0.1) is 5.21 Å². The van der Waals surface area contributed by atoms with E-state index in [2.05, 4.69) is 0 Å². The summed E-state index contributed by atoms with van der Waals surface area (Å²) in [5.41, 5.74) is 0. The molecule has 0 saturated heterocycles. The third-order valence-corrected chi connectivity index (χ3v) is 0.688. The molecule has 40 valence electrons. The molecule has 0 aromatic carbocycles. The molecule has 2 nitrogen and oxygen atoms in total. The van der Waals surface area contributed by atoms with Crippen LogP contribution in [0.15, 0.2) is 30.6 Å². The molecule has 0 N–H and O–H groups in total. The van der Waals surface area contributed by atoms with Gasteiger partial charge in [0.05, 0.1) is 0 Å². The predicted molar refractivity (Wildman–Crippen MR) is 33.4 cm³/mol. The minimum absolute atomic E-state index is 0. The van der Waals surface area contributed by atoms with Crippen LogP contribution in [0.1, 0.15) is 2.85 Å². The minimum Gasteiger partial charge on any atom is -1.00 e. The first-order chi connectivity index (χ1) is 3.39. The van der Waals surface area contributed by atoms with Gasteiger partial charge in [0.2, 0.25) is 0 Å². The third-order valence-electron chi connectivity index (χ3n) is 0.688. The molecule has 8 heavy (non-hydrogen) atoms. The van der Waals surface area contributed by atoms with Crippen LogP contribution in [-0.2, 0) is 0 Å². The molecule has 0 spiro atoms. The smallest absolute Gasteiger partial charge is 1.00 e. The van der Waals surface area contributed by atoms with Crippen molar-refractivity contribution in [1.82, 2.24) is 0 Å². The molecule has 0 radical (unpaired) electrons. The third kappa shape index (κ3) is 2.14. The monoisotopic (exact) mass is 121 g/mol. The van der Waals surface area contributed by atoms with Gasteiger partial charge >= 0.3 is 23.1 Å². The molecule has 0 saturated carbocycles. The second-order valence-corrected chi connectivity index (χ2v) is 1.24. The second-order valence-electron chi connectivity index (χ2n) is 1.24. The van der Waals surface area contributed by atoms with E-state index in [0.717, 1.165) is 4.73 Å². The van der Waals surface area contributed by atoms with Gasteiger partial charge in [-0.2, -0.15) is 4.73 Å². The van der Waals surface area contributed by atoms with Crippen molar-refractivity contribution in [2.45, 2.75) is 0 Å². The largest absolute Gasteiger partial charge is 2.00 e. The van der Waals surface area contributed by atoms with Gasteiger partial charge in [-0.1, -0.05) is 6.07 Å². The summed E-state index contributed by atoms with van der Waals surface area (Å²) in [7, 11) is 0. The Morgan fingerprint density at radius 1 is 1.12 bits per heavy atom. The van der Waals surface area contributed by atoms with Crippen molar-refractivity contribution in [1.29, 1.82) is 0 Å². The second kappa shape index (κ2) is 3.69. The fourth-order valence-electron chi connectivity index (χ4n) is 0.383. The van der Waals surface area contributed by atoms with Crippen LogP contribution in [0.5, 0.6) is 0 Å². The first kappa shape index (κ1) is 7.72. The Kier molecular flexibility index (Phi) is 3.56. The van der Waals surface area contributed by atoms with Gasteiger partial charge in [-0.3, -0.25) is 0 Å². The molecular formula is C5H7MgNO. The summed E-state index contributed by atoms with van der Waals surface area (Å²) in [6.45, 7) is 0. The molecule has 3 heteroatoms. The van der Waals surface area contributed by atoms with Crippen molar-refractivity contribution in [2.24, 2.45) is 0 Å². The average molecular weight is 121 g/mol. The molecule has 1 heterocycles. The van der Waals surface area contributed by atoms with E-state index in [1.807, 2.05) is 0 Å². The van der Waals surface area contributed by atoms with Gasteiger partial charge in [-0.15, -0.1) is 0 Å². The van der Waals surface area contributed by atoms with Crippen molar-refractivity contribution in [2.75, 3.05) is 0 Å². The van der Waals surface area contributed by atoms with E-state index in [1.54, 1.807) is 18.2 Å². The molecular weight excluding hydrogens is 114 g/mol. The molecule has 1 rings (SSSR count). The van der Waals surface area contributed by atoms with Crippen LogP contribution in [0.3, 0.4) is 0 Å². The van der Waals surface area contributed by atoms with Crippen molar-refractivity contribution in [3.63, 3.8) is 0 Å². The van der Waals surface area contributed by atoms with Gasteiger partial charge in [-0.25, -0.2) is 0 Å². The van der Waals surface area contributed by atoms with Gasteiger partial charge in [0.1, 0.15) is 0 Å². The van der Waals surface area contributed by atoms with E-state index in [1.165, 1.54) is 12.4 Å². The Hall–Kier alpha value is -0.284. The van der Waals surface area contributed by atoms with Crippen molar-refractivity contribution < 1.29 is 7.58 Å². The zero-order valence-electron chi connectivity index (χ0n) is 6.45. The van der Waals surface area contributed by atoms with E-state index in [4.69, 9.17) is 0 Å². The molecule has 0 unspecified atom stereocenters. The van der Waals surface area contributed by atoms with Crippen molar-refractivity contribution in [3.05, 3.63) is 35.8 Å². The summed E-state index contributed by atoms with van der Waals surface area (Å²) in [5.74, 6) is 0. The van der Waals surface area contributed by atoms with E-state index in [9.17, 15) is 5.21 Å². The Labute approximate surface area is 66.8 Å². The number of hydrogen-bond donors (Lipinski definition) is 0. The van der Waals surface area contributed by atoms with Gasteiger partial charge in [0.15, 0.2) is 12.4 Å². The molecule has 0 fully saturated rings. The predicted octanol–water partition coefficient (Wildman–Crippen LogP) is 0.164. The van der Waals surface area contributed by atoms with E-state index >= 15 is 0 Å². The number of nitrogens with zero attached hydrogens (tertiary/aromatic N) is 1. The first-order valence-corrected chi connectivity index (χ1v) is 2.03. The van der Waals surface area contributed by atoms with Crippen LogP contribution in [0.4, 0.5) is 0 Å². The van der Waals surface area contributed by atoms with Crippen molar-refractivity contribution in [3.8, 4) is 0 Å². The molecule has 1 aromatic rings. The van der Waals surface area contributed by atoms with Crippen LogP contribution in [-0.4, -0.2) is 23.1 Å². The van der Waals surface area contributed by atoms with Gasteiger partial charge in [-0.05, 0) is 0 Å². The fourth-order valence-corrected chi connectivity index (χ4v) is 0.383.